The molecule has 5 heteroatoms. The summed E-state index contributed by atoms with van der Waals surface area (Å²) in [4.78, 5) is 24.1. The number of hydrogen-bond donors (Lipinski definition) is 3. The largest absolute Gasteiger partial charge is 0.354 e. The number of amides is 2. The minimum absolute atomic E-state index is 0.0350. The Morgan fingerprint density at radius 3 is 2.94 bits per heavy atom. The monoisotopic (exact) mass is 253 g/mol. The molecule has 2 rings (SSSR count). The molecule has 0 saturated carbocycles. The average Bonchev–Trinajstić information content (AvgIpc) is 2.82. The van der Waals surface area contributed by atoms with Crippen LogP contribution in [-0.2, 0) is 9.59 Å². The van der Waals surface area contributed by atoms with Crippen molar-refractivity contribution in [2.24, 2.45) is 5.41 Å². The number of carbonyl (C=O) groups excluding carboxylic acids is 2. The number of piperidine rings is 1. The second-order valence-electron chi connectivity index (χ2n) is 5.42. The fourth-order valence-corrected chi connectivity index (χ4v) is 2.96. The van der Waals surface area contributed by atoms with Crippen molar-refractivity contribution in [2.75, 3.05) is 19.6 Å². The van der Waals surface area contributed by atoms with E-state index in [4.69, 9.17) is 0 Å². The van der Waals surface area contributed by atoms with Gasteiger partial charge in [0.1, 0.15) is 6.04 Å². The molecule has 2 aliphatic heterocycles. The van der Waals surface area contributed by atoms with Crippen molar-refractivity contribution in [2.45, 2.75) is 45.1 Å². The fourth-order valence-electron chi connectivity index (χ4n) is 2.96. The molecule has 0 aromatic carbocycles. The average molecular weight is 253 g/mol. The maximum Gasteiger partial charge on any atom is 0.242 e. The Labute approximate surface area is 108 Å². The highest BCUT2D eigenvalue weighted by molar-refractivity contribution is 5.90. The maximum absolute atomic E-state index is 12.4. The number of rotatable bonds is 4. The molecule has 18 heavy (non-hydrogen) atoms. The van der Waals surface area contributed by atoms with E-state index in [0.29, 0.717) is 0 Å². The van der Waals surface area contributed by atoms with E-state index in [1.165, 1.54) is 0 Å². The molecule has 2 aliphatic rings. The minimum atomic E-state index is -0.333. The number of nitrogens with one attached hydrogen (secondary N) is 3. The van der Waals surface area contributed by atoms with Gasteiger partial charge in [-0.15, -0.1) is 0 Å². The predicted octanol–water partition coefficient (Wildman–Crippen LogP) is 0.161. The number of hydrogen-bond acceptors (Lipinski definition) is 3. The van der Waals surface area contributed by atoms with Crippen LogP contribution >= 0.6 is 0 Å². The summed E-state index contributed by atoms with van der Waals surface area (Å²) in [5.74, 6) is 0.0172. The molecule has 102 valence electrons. The molecule has 0 aliphatic carbocycles. The van der Waals surface area contributed by atoms with Crippen LogP contribution in [0.2, 0.25) is 0 Å². The lowest BCUT2D eigenvalue weighted by Crippen LogP contribution is -2.54. The van der Waals surface area contributed by atoms with Crippen LogP contribution < -0.4 is 16.0 Å². The maximum atomic E-state index is 12.4. The normalized spacial score (nSPS) is 32.1. The Balaban J connectivity index is 1.98. The lowest BCUT2D eigenvalue weighted by molar-refractivity contribution is -0.135. The first-order valence-corrected chi connectivity index (χ1v) is 6.97. The molecule has 0 aromatic rings. The zero-order valence-corrected chi connectivity index (χ0v) is 11.1. The van der Waals surface area contributed by atoms with Crippen LogP contribution in [0.5, 0.6) is 0 Å². The second kappa shape index (κ2) is 5.69. The molecule has 0 aromatic heterocycles. The van der Waals surface area contributed by atoms with E-state index >= 15 is 0 Å². The Morgan fingerprint density at radius 1 is 1.50 bits per heavy atom. The molecular weight excluding hydrogens is 230 g/mol. The van der Waals surface area contributed by atoms with Gasteiger partial charge in [-0.1, -0.05) is 13.3 Å². The van der Waals surface area contributed by atoms with Crippen LogP contribution in [0.4, 0.5) is 0 Å². The van der Waals surface area contributed by atoms with Crippen molar-refractivity contribution in [1.29, 1.82) is 0 Å². The molecule has 2 unspecified atom stereocenters. The molecule has 0 bridgehead atoms. The van der Waals surface area contributed by atoms with E-state index in [0.717, 1.165) is 51.7 Å². The topological polar surface area (TPSA) is 70.2 Å². The van der Waals surface area contributed by atoms with Crippen molar-refractivity contribution >= 4 is 11.8 Å². The van der Waals surface area contributed by atoms with Crippen LogP contribution in [0.15, 0.2) is 0 Å². The first kappa shape index (κ1) is 13.3. The summed E-state index contributed by atoms with van der Waals surface area (Å²) in [5.41, 5.74) is -0.299. The number of carbonyl (C=O) groups is 2. The van der Waals surface area contributed by atoms with Gasteiger partial charge >= 0.3 is 0 Å². The van der Waals surface area contributed by atoms with Crippen molar-refractivity contribution in [3.05, 3.63) is 0 Å². The van der Waals surface area contributed by atoms with Gasteiger partial charge in [0.25, 0.3) is 0 Å². The summed E-state index contributed by atoms with van der Waals surface area (Å²) < 4.78 is 0. The van der Waals surface area contributed by atoms with Gasteiger partial charge in [0.2, 0.25) is 11.8 Å². The van der Waals surface area contributed by atoms with Crippen LogP contribution in [0.3, 0.4) is 0 Å². The van der Waals surface area contributed by atoms with Crippen LogP contribution in [0.1, 0.15) is 39.0 Å². The molecule has 3 N–H and O–H groups in total. The molecule has 2 fully saturated rings. The SMILES string of the molecule is CCCC1(C(=O)NC2CCCNC2=O)CCNC1. The van der Waals surface area contributed by atoms with Crippen molar-refractivity contribution in [1.82, 2.24) is 16.0 Å². The highest BCUT2D eigenvalue weighted by Gasteiger charge is 2.41. The highest BCUT2D eigenvalue weighted by atomic mass is 16.2. The van der Waals surface area contributed by atoms with Crippen LogP contribution in [0.25, 0.3) is 0 Å². The van der Waals surface area contributed by atoms with Gasteiger partial charge in [0, 0.05) is 13.1 Å². The minimum Gasteiger partial charge on any atom is -0.354 e. The van der Waals surface area contributed by atoms with Gasteiger partial charge < -0.3 is 16.0 Å². The molecule has 0 radical (unpaired) electrons. The smallest absolute Gasteiger partial charge is 0.242 e. The third-order valence-corrected chi connectivity index (χ3v) is 4.04. The third kappa shape index (κ3) is 2.66. The molecule has 0 spiro atoms. The van der Waals surface area contributed by atoms with E-state index in [9.17, 15) is 9.59 Å². The van der Waals surface area contributed by atoms with Crippen LogP contribution in [0, 0.1) is 5.41 Å². The standard InChI is InChI=1S/C13H23N3O2/c1-2-5-13(6-8-14-9-13)12(18)16-10-4-3-7-15-11(10)17/h10,14H,2-9H2,1H3,(H,15,17)(H,16,18). The summed E-state index contributed by atoms with van der Waals surface area (Å²) >= 11 is 0. The zero-order valence-electron chi connectivity index (χ0n) is 11.1. The lowest BCUT2D eigenvalue weighted by Gasteiger charge is -2.30. The Kier molecular flexibility index (Phi) is 4.22. The van der Waals surface area contributed by atoms with Crippen LogP contribution in [-0.4, -0.2) is 37.5 Å². The van der Waals surface area contributed by atoms with Gasteiger partial charge in [0.05, 0.1) is 5.41 Å². The highest BCUT2D eigenvalue weighted by Crippen LogP contribution is 2.31. The van der Waals surface area contributed by atoms with E-state index < -0.39 is 0 Å². The van der Waals surface area contributed by atoms with Gasteiger partial charge in [-0.05, 0) is 32.2 Å². The predicted molar refractivity (Wildman–Crippen MR) is 69.0 cm³/mol. The molecule has 2 amide bonds. The van der Waals surface area contributed by atoms with Gasteiger partial charge in [0.15, 0.2) is 0 Å². The molecule has 5 nitrogen and oxygen atoms in total. The summed E-state index contributed by atoms with van der Waals surface area (Å²) in [6, 6.07) is -0.333. The molecular formula is C13H23N3O2. The van der Waals surface area contributed by atoms with Crippen molar-refractivity contribution < 1.29 is 9.59 Å². The van der Waals surface area contributed by atoms with Crippen molar-refractivity contribution in [3.63, 3.8) is 0 Å². The second-order valence-corrected chi connectivity index (χ2v) is 5.42. The lowest BCUT2D eigenvalue weighted by atomic mass is 9.81. The zero-order chi connectivity index (χ0) is 13.0. The van der Waals surface area contributed by atoms with E-state index in [1.54, 1.807) is 0 Å². The third-order valence-electron chi connectivity index (χ3n) is 4.04. The Bertz CT molecular complexity index is 324. The summed E-state index contributed by atoms with van der Waals surface area (Å²) in [6.07, 6.45) is 4.45. The molecule has 2 heterocycles. The summed E-state index contributed by atoms with van der Waals surface area (Å²) in [5, 5.41) is 9.01. The Morgan fingerprint density at radius 2 is 2.33 bits per heavy atom. The van der Waals surface area contributed by atoms with E-state index in [1.807, 2.05) is 0 Å². The summed E-state index contributed by atoms with van der Waals surface area (Å²) in [7, 11) is 0. The fraction of sp³-hybridized carbons (Fsp3) is 0.846. The van der Waals surface area contributed by atoms with E-state index in [2.05, 4.69) is 22.9 Å². The quantitative estimate of drug-likeness (QED) is 0.668. The molecule has 2 atom stereocenters. The van der Waals surface area contributed by atoms with E-state index in [-0.39, 0.29) is 23.3 Å². The first-order chi connectivity index (χ1) is 8.68. The first-order valence-electron chi connectivity index (χ1n) is 6.97. The summed E-state index contributed by atoms with van der Waals surface area (Å²) in [6.45, 7) is 4.46. The van der Waals surface area contributed by atoms with Gasteiger partial charge in [-0.25, -0.2) is 0 Å². The Hall–Kier alpha value is -1.10. The molecule has 2 saturated heterocycles. The van der Waals surface area contributed by atoms with Crippen molar-refractivity contribution in [3.8, 4) is 0 Å². The van der Waals surface area contributed by atoms with Gasteiger partial charge in [-0.2, -0.15) is 0 Å². The van der Waals surface area contributed by atoms with Gasteiger partial charge in [-0.3, -0.25) is 9.59 Å².